The molecule has 0 radical (unpaired) electrons. The first-order valence-corrected chi connectivity index (χ1v) is 10.6. The number of nitrogen functional groups attached to an aromatic ring is 1. The molecule has 0 aliphatic carbocycles. The van der Waals surface area contributed by atoms with Crippen molar-refractivity contribution in [3.8, 4) is 11.1 Å². The number of imidazole rings is 1. The molecule has 1 unspecified atom stereocenters. The average molecular weight is 467 g/mol. The lowest BCUT2D eigenvalue weighted by Gasteiger charge is -2.24. The van der Waals surface area contributed by atoms with E-state index in [9.17, 15) is 18.0 Å². The summed E-state index contributed by atoms with van der Waals surface area (Å²) in [5.41, 5.74) is 6.53. The smallest absolute Gasteiger partial charge is 0.383 e. The van der Waals surface area contributed by atoms with Crippen LogP contribution in [0.15, 0.2) is 61.2 Å². The Labute approximate surface area is 192 Å². The normalized spacial score (nSPS) is 16.2. The number of nitrogens with zero attached hydrogens (tertiary/aromatic N) is 5. The molecule has 1 saturated heterocycles. The number of halogens is 3. The summed E-state index contributed by atoms with van der Waals surface area (Å²) in [6.45, 7) is 0.607. The molecule has 4 aromatic heterocycles. The predicted octanol–water partition coefficient (Wildman–Crippen LogP) is 4.76. The van der Waals surface area contributed by atoms with E-state index in [2.05, 4.69) is 20.3 Å². The molecule has 1 atom stereocenters. The van der Waals surface area contributed by atoms with Crippen LogP contribution in [0, 0.1) is 0 Å². The second-order valence-corrected chi connectivity index (χ2v) is 8.00. The standard InChI is InChI=1S/C23H20F3N7O/c24-23(25,26)16-10-15(11-29-21(16)27)14-6-7-20-30-19(13-32(20)12-14)31-22(34)33-9-3-5-18(33)17-4-1-2-8-28-17/h1-2,4,6-8,10-13,18H,3,5,9H2,(H2,27,29)(H,31,34). The number of carbonyl (C=O) groups is 1. The number of nitrogens with one attached hydrogen (secondary N) is 1. The lowest BCUT2D eigenvalue weighted by molar-refractivity contribution is -0.137. The summed E-state index contributed by atoms with van der Waals surface area (Å²) >= 11 is 0. The first kappa shape index (κ1) is 21.7. The highest BCUT2D eigenvalue weighted by Crippen LogP contribution is 2.35. The van der Waals surface area contributed by atoms with Crippen molar-refractivity contribution < 1.29 is 18.0 Å². The first-order valence-electron chi connectivity index (χ1n) is 10.6. The summed E-state index contributed by atoms with van der Waals surface area (Å²) < 4.78 is 41.2. The fourth-order valence-corrected chi connectivity index (χ4v) is 4.15. The number of likely N-dealkylation sites (tertiary alicyclic amines) is 1. The molecule has 1 aliphatic rings. The molecule has 3 N–H and O–H groups in total. The van der Waals surface area contributed by atoms with Crippen molar-refractivity contribution in [1.82, 2.24) is 24.3 Å². The van der Waals surface area contributed by atoms with Gasteiger partial charge in [0.25, 0.3) is 0 Å². The topological polar surface area (TPSA) is 101 Å². The van der Waals surface area contributed by atoms with Gasteiger partial charge in [0.05, 0.1) is 23.5 Å². The van der Waals surface area contributed by atoms with E-state index in [1.807, 2.05) is 18.2 Å². The molecule has 0 saturated carbocycles. The van der Waals surface area contributed by atoms with Crippen LogP contribution in [0.5, 0.6) is 0 Å². The molecule has 4 aromatic rings. The van der Waals surface area contributed by atoms with Gasteiger partial charge in [-0.2, -0.15) is 13.2 Å². The maximum atomic E-state index is 13.2. The lowest BCUT2D eigenvalue weighted by Crippen LogP contribution is -2.34. The molecule has 34 heavy (non-hydrogen) atoms. The quantitative estimate of drug-likeness (QED) is 0.452. The fourth-order valence-electron chi connectivity index (χ4n) is 4.15. The Bertz CT molecular complexity index is 1350. The summed E-state index contributed by atoms with van der Waals surface area (Å²) in [7, 11) is 0. The zero-order valence-electron chi connectivity index (χ0n) is 17.8. The Hall–Kier alpha value is -4.15. The molecule has 5 heterocycles. The Morgan fingerprint density at radius 3 is 2.74 bits per heavy atom. The molecule has 2 amide bonds. The van der Waals surface area contributed by atoms with Crippen molar-refractivity contribution in [2.24, 2.45) is 0 Å². The van der Waals surface area contributed by atoms with Crippen molar-refractivity contribution in [1.29, 1.82) is 0 Å². The van der Waals surface area contributed by atoms with Crippen molar-refractivity contribution in [3.63, 3.8) is 0 Å². The minimum atomic E-state index is -4.60. The number of nitrogens with two attached hydrogens (primary N) is 1. The van der Waals surface area contributed by atoms with E-state index in [-0.39, 0.29) is 17.6 Å². The molecule has 0 bridgehead atoms. The number of hydrogen-bond acceptors (Lipinski definition) is 5. The largest absolute Gasteiger partial charge is 0.419 e. The van der Waals surface area contributed by atoms with Gasteiger partial charge in [0.15, 0.2) is 5.82 Å². The Morgan fingerprint density at radius 2 is 1.97 bits per heavy atom. The second kappa shape index (κ2) is 8.32. The number of rotatable bonds is 3. The van der Waals surface area contributed by atoms with E-state index in [1.165, 1.54) is 6.20 Å². The van der Waals surface area contributed by atoms with Crippen molar-refractivity contribution >= 4 is 23.3 Å². The highest BCUT2D eigenvalue weighted by atomic mass is 19.4. The van der Waals surface area contributed by atoms with Crippen LogP contribution in [0.4, 0.5) is 29.6 Å². The van der Waals surface area contributed by atoms with E-state index >= 15 is 0 Å². The molecular weight excluding hydrogens is 447 g/mol. The van der Waals surface area contributed by atoms with Crippen LogP contribution in [0.3, 0.4) is 0 Å². The summed E-state index contributed by atoms with van der Waals surface area (Å²) in [6, 6.07) is 9.50. The molecule has 174 valence electrons. The van der Waals surface area contributed by atoms with Crippen LogP contribution in [0.2, 0.25) is 0 Å². The van der Waals surface area contributed by atoms with Gasteiger partial charge >= 0.3 is 12.2 Å². The Balaban J connectivity index is 1.38. The maximum absolute atomic E-state index is 13.2. The van der Waals surface area contributed by atoms with Crippen LogP contribution in [0.25, 0.3) is 16.8 Å². The Morgan fingerprint density at radius 1 is 1.12 bits per heavy atom. The molecule has 8 nitrogen and oxygen atoms in total. The number of urea groups is 1. The number of aromatic nitrogens is 4. The molecular formula is C23H20F3N7O. The maximum Gasteiger partial charge on any atom is 0.419 e. The van der Waals surface area contributed by atoms with Crippen molar-refractivity contribution in [2.75, 3.05) is 17.6 Å². The molecule has 0 aromatic carbocycles. The predicted molar refractivity (Wildman–Crippen MR) is 120 cm³/mol. The lowest BCUT2D eigenvalue weighted by atomic mass is 10.1. The summed E-state index contributed by atoms with van der Waals surface area (Å²) in [5, 5.41) is 2.82. The number of alkyl halides is 3. The van der Waals surface area contributed by atoms with Crippen LogP contribution in [-0.2, 0) is 6.18 Å². The summed E-state index contributed by atoms with van der Waals surface area (Å²) in [4.78, 5) is 27.1. The van der Waals surface area contributed by atoms with Crippen molar-refractivity contribution in [2.45, 2.75) is 25.1 Å². The van der Waals surface area contributed by atoms with Crippen LogP contribution >= 0.6 is 0 Å². The van der Waals surface area contributed by atoms with Crippen molar-refractivity contribution in [3.05, 3.63) is 72.4 Å². The average Bonchev–Trinajstić information content (AvgIpc) is 3.45. The third kappa shape index (κ3) is 4.12. The van der Waals surface area contributed by atoms with Crippen LogP contribution < -0.4 is 11.1 Å². The zero-order valence-corrected chi connectivity index (χ0v) is 17.8. The van der Waals surface area contributed by atoms with E-state index in [1.54, 1.807) is 40.0 Å². The van der Waals surface area contributed by atoms with E-state index in [4.69, 9.17) is 5.73 Å². The fraction of sp³-hybridized carbons (Fsp3) is 0.217. The number of carbonyl (C=O) groups excluding carboxylic acids is 1. The van der Waals surface area contributed by atoms with Gasteiger partial charge in [0.1, 0.15) is 11.5 Å². The van der Waals surface area contributed by atoms with E-state index < -0.39 is 17.6 Å². The summed E-state index contributed by atoms with van der Waals surface area (Å²) in [5.74, 6) is -0.240. The molecule has 1 fully saturated rings. The zero-order chi connectivity index (χ0) is 23.9. The van der Waals surface area contributed by atoms with E-state index in [0.717, 1.165) is 24.6 Å². The van der Waals surface area contributed by atoms with Crippen LogP contribution in [-0.4, -0.2) is 36.8 Å². The molecule has 11 heteroatoms. The minimum Gasteiger partial charge on any atom is -0.383 e. The minimum absolute atomic E-state index is 0.106. The number of anilines is 2. The highest BCUT2D eigenvalue weighted by molar-refractivity contribution is 5.89. The van der Waals surface area contributed by atoms with Gasteiger partial charge in [-0.05, 0) is 43.2 Å². The Kier molecular flexibility index (Phi) is 5.31. The number of amides is 2. The second-order valence-electron chi connectivity index (χ2n) is 8.00. The molecule has 1 aliphatic heterocycles. The van der Waals surface area contributed by atoms with Gasteiger partial charge < -0.3 is 15.0 Å². The van der Waals surface area contributed by atoms with Gasteiger partial charge in [-0.1, -0.05) is 6.07 Å². The number of fused-ring (bicyclic) bond motifs is 1. The van der Waals surface area contributed by atoms with Crippen LogP contribution in [0.1, 0.15) is 30.1 Å². The third-order valence-corrected chi connectivity index (χ3v) is 5.79. The van der Waals surface area contributed by atoms with Gasteiger partial charge in [-0.25, -0.2) is 14.8 Å². The number of hydrogen-bond donors (Lipinski definition) is 2. The van der Waals surface area contributed by atoms with E-state index in [0.29, 0.717) is 23.6 Å². The first-order chi connectivity index (χ1) is 16.3. The third-order valence-electron chi connectivity index (χ3n) is 5.79. The molecule has 5 rings (SSSR count). The SMILES string of the molecule is Nc1ncc(-c2ccc3nc(NC(=O)N4CCCC4c4ccccn4)cn3c2)cc1C(F)(F)F. The van der Waals surface area contributed by atoms with Gasteiger partial charge in [-0.15, -0.1) is 0 Å². The monoisotopic (exact) mass is 467 g/mol. The van der Waals surface area contributed by atoms with Gasteiger partial charge in [0.2, 0.25) is 0 Å². The van der Waals surface area contributed by atoms with Gasteiger partial charge in [-0.3, -0.25) is 10.3 Å². The molecule has 0 spiro atoms. The number of pyridine rings is 3. The highest BCUT2D eigenvalue weighted by Gasteiger charge is 2.34. The summed E-state index contributed by atoms with van der Waals surface area (Å²) in [6.07, 6.45) is 3.32. The van der Waals surface area contributed by atoms with Gasteiger partial charge in [0, 0.05) is 36.3 Å².